The molecule has 0 fully saturated rings. The SMILES string of the molecule is Cc1cc(-c2ncc3cc(C(F)(F)F)ccc3n2)ccc1N1CCOc2cnn(CCOCc3ccccc3)c2C1=O. The van der Waals surface area contributed by atoms with Crippen molar-refractivity contribution in [3.63, 3.8) is 0 Å². The number of rotatable bonds is 7. The van der Waals surface area contributed by atoms with Crippen LogP contribution in [-0.4, -0.2) is 45.4 Å². The number of fused-ring (bicyclic) bond motifs is 2. The Kier molecular flexibility index (Phi) is 7.34. The monoisotopic (exact) mass is 573 g/mol. The lowest BCUT2D eigenvalue weighted by molar-refractivity contribution is -0.137. The molecule has 2 aromatic heterocycles. The van der Waals surface area contributed by atoms with Crippen molar-refractivity contribution in [2.24, 2.45) is 0 Å². The van der Waals surface area contributed by atoms with Crippen LogP contribution in [0.15, 0.2) is 79.1 Å². The predicted octanol–water partition coefficient (Wildman–Crippen LogP) is 6.08. The van der Waals surface area contributed by atoms with E-state index >= 15 is 0 Å². The van der Waals surface area contributed by atoms with E-state index < -0.39 is 11.7 Å². The quantitative estimate of drug-likeness (QED) is 0.220. The first-order valence-corrected chi connectivity index (χ1v) is 13.3. The summed E-state index contributed by atoms with van der Waals surface area (Å²) in [5.74, 6) is 0.567. The van der Waals surface area contributed by atoms with E-state index in [9.17, 15) is 18.0 Å². The Labute approximate surface area is 239 Å². The largest absolute Gasteiger partial charge is 0.488 e. The van der Waals surface area contributed by atoms with Crippen molar-refractivity contribution in [3.8, 4) is 17.1 Å². The zero-order chi connectivity index (χ0) is 29.3. The molecule has 1 aliphatic heterocycles. The van der Waals surface area contributed by atoms with Crippen LogP contribution in [0.25, 0.3) is 22.3 Å². The fourth-order valence-electron chi connectivity index (χ4n) is 4.93. The minimum atomic E-state index is -4.44. The lowest BCUT2D eigenvalue weighted by Gasteiger charge is -2.23. The van der Waals surface area contributed by atoms with Crippen molar-refractivity contribution in [3.05, 3.63) is 102 Å². The minimum absolute atomic E-state index is 0.235. The van der Waals surface area contributed by atoms with Gasteiger partial charge in [-0.25, -0.2) is 9.97 Å². The van der Waals surface area contributed by atoms with E-state index in [2.05, 4.69) is 15.1 Å². The first-order chi connectivity index (χ1) is 20.3. The standard InChI is InChI=1S/C31H26F3N5O3/c1-20-15-22(29-35-17-23-16-24(31(32,33)34)8-9-25(23)37-29)7-10-26(20)38-11-14-42-27-18-36-39(28(27)30(38)40)12-13-41-19-21-5-3-2-4-6-21/h2-10,15-18H,11-14,19H2,1H3. The van der Waals surface area contributed by atoms with Gasteiger partial charge in [-0.15, -0.1) is 0 Å². The zero-order valence-electron chi connectivity index (χ0n) is 22.6. The van der Waals surface area contributed by atoms with Gasteiger partial charge in [-0.1, -0.05) is 30.3 Å². The van der Waals surface area contributed by atoms with Crippen LogP contribution in [0.3, 0.4) is 0 Å². The summed E-state index contributed by atoms with van der Waals surface area (Å²) in [5.41, 5.74) is 3.26. The molecule has 6 rings (SSSR count). The van der Waals surface area contributed by atoms with Gasteiger partial charge >= 0.3 is 6.18 Å². The Morgan fingerprint density at radius 3 is 2.64 bits per heavy atom. The molecule has 42 heavy (non-hydrogen) atoms. The lowest BCUT2D eigenvalue weighted by atomic mass is 10.1. The molecule has 0 spiro atoms. The third-order valence-corrected chi connectivity index (χ3v) is 7.04. The maximum absolute atomic E-state index is 13.8. The third kappa shape index (κ3) is 5.55. The van der Waals surface area contributed by atoms with Crippen LogP contribution < -0.4 is 9.64 Å². The van der Waals surface area contributed by atoms with Gasteiger partial charge in [0.25, 0.3) is 5.91 Å². The summed E-state index contributed by atoms with van der Waals surface area (Å²) in [5, 5.41) is 4.67. The Morgan fingerprint density at radius 2 is 1.86 bits per heavy atom. The number of hydrogen-bond donors (Lipinski definition) is 0. The first-order valence-electron chi connectivity index (χ1n) is 13.3. The number of benzene rings is 3. The highest BCUT2D eigenvalue weighted by Crippen LogP contribution is 2.33. The van der Waals surface area contributed by atoms with E-state index in [0.717, 1.165) is 23.3 Å². The van der Waals surface area contributed by atoms with Gasteiger partial charge in [-0.3, -0.25) is 9.48 Å². The summed E-state index contributed by atoms with van der Waals surface area (Å²) in [6.45, 7) is 3.72. The molecule has 3 heterocycles. The normalized spacial score (nSPS) is 13.6. The number of nitrogens with zero attached hydrogens (tertiary/aromatic N) is 5. The van der Waals surface area contributed by atoms with Crippen molar-refractivity contribution in [1.82, 2.24) is 19.7 Å². The van der Waals surface area contributed by atoms with E-state index in [1.165, 1.54) is 12.3 Å². The summed E-state index contributed by atoms with van der Waals surface area (Å²) in [4.78, 5) is 24.2. The molecule has 11 heteroatoms. The molecule has 0 saturated heterocycles. The summed E-state index contributed by atoms with van der Waals surface area (Å²) in [6, 6.07) is 18.7. The molecule has 5 aromatic rings. The molecule has 0 radical (unpaired) electrons. The summed E-state index contributed by atoms with van der Waals surface area (Å²) in [6.07, 6.45) is -1.50. The highest BCUT2D eigenvalue weighted by Gasteiger charge is 2.31. The number of hydrogen-bond acceptors (Lipinski definition) is 6. The van der Waals surface area contributed by atoms with E-state index in [1.54, 1.807) is 21.8 Å². The van der Waals surface area contributed by atoms with Gasteiger partial charge in [0.15, 0.2) is 17.3 Å². The summed E-state index contributed by atoms with van der Waals surface area (Å²) >= 11 is 0. The molecule has 3 aromatic carbocycles. The van der Waals surface area contributed by atoms with Crippen molar-refractivity contribution >= 4 is 22.5 Å². The number of aromatic nitrogens is 4. The molecule has 0 saturated carbocycles. The second-order valence-corrected chi connectivity index (χ2v) is 9.89. The Balaban J connectivity index is 1.20. The van der Waals surface area contributed by atoms with E-state index in [4.69, 9.17) is 9.47 Å². The molecule has 1 amide bonds. The number of ether oxygens (including phenoxy) is 2. The summed E-state index contributed by atoms with van der Waals surface area (Å²) < 4.78 is 52.5. The average Bonchev–Trinajstić information content (AvgIpc) is 3.31. The third-order valence-electron chi connectivity index (χ3n) is 7.04. The van der Waals surface area contributed by atoms with Crippen LogP contribution in [0.4, 0.5) is 18.9 Å². The van der Waals surface area contributed by atoms with E-state index in [1.807, 2.05) is 49.4 Å². The second kappa shape index (κ2) is 11.2. The molecular weight excluding hydrogens is 547 g/mol. The van der Waals surface area contributed by atoms with Crippen molar-refractivity contribution in [1.29, 1.82) is 0 Å². The molecule has 0 bridgehead atoms. The molecule has 0 unspecified atom stereocenters. The second-order valence-electron chi connectivity index (χ2n) is 9.89. The van der Waals surface area contributed by atoms with Gasteiger partial charge in [0.1, 0.15) is 6.61 Å². The summed E-state index contributed by atoms with van der Waals surface area (Å²) in [7, 11) is 0. The van der Waals surface area contributed by atoms with Gasteiger partial charge in [-0.05, 0) is 54.4 Å². The van der Waals surface area contributed by atoms with Gasteiger partial charge in [0.2, 0.25) is 0 Å². The number of aryl methyl sites for hydroxylation is 1. The zero-order valence-corrected chi connectivity index (χ0v) is 22.6. The maximum atomic E-state index is 13.8. The Bertz CT molecular complexity index is 1750. The number of amides is 1. The van der Waals surface area contributed by atoms with Gasteiger partial charge in [-0.2, -0.15) is 18.3 Å². The van der Waals surface area contributed by atoms with Crippen LogP contribution in [0.2, 0.25) is 0 Å². The molecule has 1 aliphatic rings. The topological polar surface area (TPSA) is 82.4 Å². The highest BCUT2D eigenvalue weighted by molar-refractivity contribution is 6.07. The predicted molar refractivity (Wildman–Crippen MR) is 150 cm³/mol. The Morgan fingerprint density at radius 1 is 1.02 bits per heavy atom. The van der Waals surface area contributed by atoms with Crippen molar-refractivity contribution in [2.75, 3.05) is 24.7 Å². The smallest absolute Gasteiger partial charge is 0.416 e. The molecule has 0 aliphatic carbocycles. The fourth-order valence-corrected chi connectivity index (χ4v) is 4.93. The van der Waals surface area contributed by atoms with Gasteiger partial charge in [0.05, 0.1) is 43.6 Å². The van der Waals surface area contributed by atoms with Crippen LogP contribution >= 0.6 is 0 Å². The first kappa shape index (κ1) is 27.4. The van der Waals surface area contributed by atoms with Gasteiger partial charge < -0.3 is 14.4 Å². The Hall–Kier alpha value is -4.77. The number of carbonyl (C=O) groups is 1. The number of alkyl halides is 3. The number of anilines is 1. The minimum Gasteiger partial charge on any atom is -0.488 e. The maximum Gasteiger partial charge on any atom is 0.416 e. The molecule has 0 atom stereocenters. The van der Waals surface area contributed by atoms with E-state index in [-0.39, 0.29) is 5.91 Å². The van der Waals surface area contributed by atoms with Gasteiger partial charge in [0, 0.05) is 22.8 Å². The van der Waals surface area contributed by atoms with Crippen molar-refractivity contribution in [2.45, 2.75) is 26.3 Å². The lowest BCUT2D eigenvalue weighted by Crippen LogP contribution is -2.34. The highest BCUT2D eigenvalue weighted by atomic mass is 19.4. The number of carbonyl (C=O) groups excluding carboxylic acids is 1. The van der Waals surface area contributed by atoms with Crippen LogP contribution in [0, 0.1) is 6.92 Å². The fraction of sp³-hybridized carbons (Fsp3) is 0.226. The van der Waals surface area contributed by atoms with E-state index in [0.29, 0.717) is 72.3 Å². The number of halogens is 3. The van der Waals surface area contributed by atoms with Crippen molar-refractivity contribution < 1.29 is 27.4 Å². The molecule has 0 N–H and O–H groups in total. The van der Waals surface area contributed by atoms with Crippen LogP contribution in [-0.2, 0) is 24.1 Å². The average molecular weight is 574 g/mol. The van der Waals surface area contributed by atoms with Crippen LogP contribution in [0.1, 0.15) is 27.2 Å². The molecule has 214 valence electrons. The van der Waals surface area contributed by atoms with Crippen LogP contribution in [0.5, 0.6) is 5.75 Å². The molecule has 8 nitrogen and oxygen atoms in total. The molecular formula is C31H26F3N5O3.